The summed E-state index contributed by atoms with van der Waals surface area (Å²) in [5.41, 5.74) is 6.61. The molecule has 0 spiro atoms. The van der Waals surface area contributed by atoms with Crippen molar-refractivity contribution in [3.05, 3.63) is 83.0 Å². The monoisotopic (exact) mass is 531 g/mol. The number of rotatable bonds is 12. The van der Waals surface area contributed by atoms with Gasteiger partial charge < -0.3 is 20.7 Å². The predicted molar refractivity (Wildman–Crippen MR) is 154 cm³/mol. The molecule has 4 N–H and O–H groups in total. The van der Waals surface area contributed by atoms with Crippen LogP contribution in [0.3, 0.4) is 0 Å². The minimum Gasteiger partial charge on any atom is -0.384 e. The number of carbonyl (C=O) groups excluding carboxylic acids is 1. The van der Waals surface area contributed by atoms with Crippen LogP contribution in [0.1, 0.15) is 36.3 Å². The Balaban J connectivity index is 0.996. The number of fused-ring (bicyclic) bond motifs is 1. The first kappa shape index (κ1) is 26.2. The van der Waals surface area contributed by atoms with Crippen molar-refractivity contribution in [2.75, 3.05) is 38.2 Å². The number of hydrogen-bond acceptors (Lipinski definition) is 5. The van der Waals surface area contributed by atoms with E-state index >= 15 is 0 Å². The molecule has 1 aliphatic rings. The van der Waals surface area contributed by atoms with E-state index in [1.807, 2.05) is 36.5 Å². The predicted octanol–water partition coefficient (Wildman–Crippen LogP) is 5.49. The molecule has 2 heterocycles. The number of nitrogens with zero attached hydrogens (tertiary/aromatic N) is 1. The maximum absolute atomic E-state index is 12.3. The topological polar surface area (TPSA) is 91.1 Å². The Hall–Kier alpha value is -3.39. The minimum atomic E-state index is 0.0513. The van der Waals surface area contributed by atoms with Crippen molar-refractivity contribution in [1.82, 2.24) is 20.8 Å². The molecule has 0 saturated carbocycles. The van der Waals surface area contributed by atoms with E-state index in [4.69, 9.17) is 16.3 Å². The van der Waals surface area contributed by atoms with Gasteiger partial charge in [0, 0.05) is 66.8 Å². The number of aromatic amines is 1. The Morgan fingerprint density at radius 2 is 1.97 bits per heavy atom. The first-order valence-corrected chi connectivity index (χ1v) is 13.6. The summed E-state index contributed by atoms with van der Waals surface area (Å²) < 4.78 is 5.57. The molecule has 38 heavy (non-hydrogen) atoms. The highest BCUT2D eigenvalue weighted by Gasteiger charge is 2.19. The maximum atomic E-state index is 12.3. The Morgan fingerprint density at radius 1 is 1.08 bits per heavy atom. The van der Waals surface area contributed by atoms with Crippen LogP contribution in [0.25, 0.3) is 22.0 Å². The van der Waals surface area contributed by atoms with Crippen molar-refractivity contribution in [3.8, 4) is 11.1 Å². The van der Waals surface area contributed by atoms with Gasteiger partial charge in [-0.15, -0.1) is 0 Å². The Kier molecular flexibility index (Phi) is 8.91. The number of aromatic nitrogens is 2. The third kappa shape index (κ3) is 6.72. The molecule has 8 heteroatoms. The first-order chi connectivity index (χ1) is 18.7. The van der Waals surface area contributed by atoms with Gasteiger partial charge in [-0.3, -0.25) is 9.89 Å². The second kappa shape index (κ2) is 12.9. The van der Waals surface area contributed by atoms with Crippen LogP contribution in [0.15, 0.2) is 66.9 Å². The van der Waals surface area contributed by atoms with Crippen LogP contribution < -0.4 is 16.0 Å². The molecule has 7 nitrogen and oxygen atoms in total. The summed E-state index contributed by atoms with van der Waals surface area (Å²) >= 11 is 6.50. The lowest BCUT2D eigenvalue weighted by Crippen LogP contribution is -2.29. The third-order valence-corrected chi connectivity index (χ3v) is 7.26. The number of amides is 1. The van der Waals surface area contributed by atoms with Gasteiger partial charge in [0.05, 0.1) is 18.3 Å². The van der Waals surface area contributed by atoms with Crippen molar-refractivity contribution in [2.24, 2.45) is 0 Å². The van der Waals surface area contributed by atoms with Crippen LogP contribution in [0.2, 0.25) is 5.02 Å². The van der Waals surface area contributed by atoms with E-state index in [2.05, 4.69) is 56.5 Å². The molecule has 1 unspecified atom stereocenters. The van der Waals surface area contributed by atoms with Gasteiger partial charge in [-0.2, -0.15) is 5.10 Å². The van der Waals surface area contributed by atoms with Crippen molar-refractivity contribution in [2.45, 2.75) is 31.7 Å². The molecule has 0 radical (unpaired) electrons. The summed E-state index contributed by atoms with van der Waals surface area (Å²) in [6.45, 7) is 4.27. The molecule has 198 valence electrons. The summed E-state index contributed by atoms with van der Waals surface area (Å²) in [5.74, 6) is 0.484. The molecule has 1 aliphatic heterocycles. The van der Waals surface area contributed by atoms with E-state index in [1.54, 1.807) is 0 Å². The fourth-order valence-corrected chi connectivity index (χ4v) is 5.15. The summed E-state index contributed by atoms with van der Waals surface area (Å²) in [6.07, 6.45) is 4.17. The molecule has 3 aromatic carbocycles. The molecular weight excluding hydrogens is 498 g/mol. The van der Waals surface area contributed by atoms with Gasteiger partial charge in [-0.05, 0) is 47.7 Å². The molecule has 0 bridgehead atoms. The Labute approximate surface area is 228 Å². The lowest BCUT2D eigenvalue weighted by atomic mass is 9.96. The zero-order chi connectivity index (χ0) is 26.2. The van der Waals surface area contributed by atoms with Crippen molar-refractivity contribution in [1.29, 1.82) is 0 Å². The van der Waals surface area contributed by atoms with Crippen LogP contribution in [0.5, 0.6) is 0 Å². The van der Waals surface area contributed by atoms with E-state index in [1.165, 1.54) is 5.56 Å². The third-order valence-electron chi connectivity index (χ3n) is 6.95. The minimum absolute atomic E-state index is 0.0513. The average Bonchev–Trinajstić information content (AvgIpc) is 3.64. The largest absolute Gasteiger partial charge is 0.384 e. The van der Waals surface area contributed by atoms with Crippen LogP contribution in [0, 0.1) is 0 Å². The number of halogens is 1. The molecular formula is C30H34ClN5O2. The highest BCUT2D eigenvalue weighted by Crippen LogP contribution is 2.32. The molecule has 5 rings (SSSR count). The molecule has 1 atom stereocenters. The lowest BCUT2D eigenvalue weighted by Gasteiger charge is -2.13. The van der Waals surface area contributed by atoms with E-state index in [0.29, 0.717) is 32.0 Å². The van der Waals surface area contributed by atoms with Gasteiger partial charge in [0.15, 0.2) is 0 Å². The van der Waals surface area contributed by atoms with Gasteiger partial charge >= 0.3 is 0 Å². The zero-order valence-corrected chi connectivity index (χ0v) is 22.2. The fourth-order valence-electron chi connectivity index (χ4n) is 4.84. The summed E-state index contributed by atoms with van der Waals surface area (Å²) in [4.78, 5) is 12.3. The lowest BCUT2D eigenvalue weighted by molar-refractivity contribution is -0.120. The van der Waals surface area contributed by atoms with Gasteiger partial charge in [-0.1, -0.05) is 54.1 Å². The van der Waals surface area contributed by atoms with Crippen LogP contribution in [-0.4, -0.2) is 49.0 Å². The number of anilines is 1. The van der Waals surface area contributed by atoms with E-state index in [-0.39, 0.29) is 5.91 Å². The van der Waals surface area contributed by atoms with Crippen molar-refractivity contribution >= 4 is 34.1 Å². The van der Waals surface area contributed by atoms with Gasteiger partial charge in [0.2, 0.25) is 5.91 Å². The zero-order valence-electron chi connectivity index (χ0n) is 21.4. The van der Waals surface area contributed by atoms with Crippen molar-refractivity contribution < 1.29 is 9.53 Å². The van der Waals surface area contributed by atoms with Gasteiger partial charge in [-0.25, -0.2) is 0 Å². The van der Waals surface area contributed by atoms with Gasteiger partial charge in [0.25, 0.3) is 0 Å². The molecule has 0 aliphatic carbocycles. The standard InChI is InChI=1S/C30H34ClN5O2/c31-27-15-21(7-8-25(27)22-5-2-1-3-6-22)18-32-13-9-30(37)34-12-4-11-33-28-16-24(23-10-14-38-20-23)17-29-26(28)19-35-36-29/h1-3,5-8,15-17,19,23,32-33H,4,9-14,18,20H2,(H,34,37)(H,35,36). The maximum Gasteiger partial charge on any atom is 0.221 e. The number of H-pyrrole nitrogens is 1. The molecule has 1 amide bonds. The number of benzene rings is 3. The number of nitrogens with one attached hydrogen (secondary N) is 4. The van der Waals surface area contributed by atoms with Crippen molar-refractivity contribution in [3.63, 3.8) is 0 Å². The highest BCUT2D eigenvalue weighted by molar-refractivity contribution is 6.33. The number of carbonyl (C=O) groups is 1. The summed E-state index contributed by atoms with van der Waals surface area (Å²) in [5, 5.41) is 19.0. The average molecular weight is 532 g/mol. The Morgan fingerprint density at radius 3 is 2.79 bits per heavy atom. The van der Waals surface area contributed by atoms with Crippen LogP contribution >= 0.6 is 11.6 Å². The quantitative estimate of drug-likeness (QED) is 0.182. The molecule has 1 fully saturated rings. The SMILES string of the molecule is O=C(CCNCc1ccc(-c2ccccc2)c(Cl)c1)NCCCNc1cc(C2CCOC2)cc2[nH]ncc12. The van der Waals surface area contributed by atoms with E-state index in [0.717, 1.165) is 70.9 Å². The smallest absolute Gasteiger partial charge is 0.221 e. The molecule has 1 aromatic heterocycles. The second-order valence-electron chi connectivity index (χ2n) is 9.70. The highest BCUT2D eigenvalue weighted by atomic mass is 35.5. The summed E-state index contributed by atoms with van der Waals surface area (Å²) in [6, 6.07) is 20.6. The van der Waals surface area contributed by atoms with E-state index in [9.17, 15) is 4.79 Å². The fraction of sp³-hybridized carbons (Fsp3) is 0.333. The van der Waals surface area contributed by atoms with E-state index < -0.39 is 0 Å². The normalized spacial score (nSPS) is 15.1. The van der Waals surface area contributed by atoms with Crippen LogP contribution in [-0.2, 0) is 16.1 Å². The Bertz CT molecular complexity index is 1350. The molecule has 1 saturated heterocycles. The van der Waals surface area contributed by atoms with Gasteiger partial charge in [0.1, 0.15) is 0 Å². The number of hydrogen-bond donors (Lipinski definition) is 4. The number of ether oxygens (including phenoxy) is 1. The summed E-state index contributed by atoms with van der Waals surface area (Å²) in [7, 11) is 0. The van der Waals surface area contributed by atoms with Crippen LogP contribution in [0.4, 0.5) is 5.69 Å². The first-order valence-electron chi connectivity index (χ1n) is 13.3. The second-order valence-corrected chi connectivity index (χ2v) is 10.1. The molecule has 4 aromatic rings.